The number of fused-ring (bicyclic) bond motifs is 2. The number of aromatic nitrogens is 4. The second-order valence-corrected chi connectivity index (χ2v) is 4.68. The molecule has 4 rings (SSSR count). The second kappa shape index (κ2) is 4.05. The van der Waals surface area contributed by atoms with E-state index in [-0.39, 0.29) is 0 Å². The number of hydrogen-bond acceptors (Lipinski definition) is 4. The van der Waals surface area contributed by atoms with Crippen LogP contribution >= 0.6 is 0 Å². The van der Waals surface area contributed by atoms with Crippen molar-refractivity contribution in [1.82, 2.24) is 19.8 Å². The molecular formula is C14H13N5. The lowest BCUT2D eigenvalue weighted by molar-refractivity contribution is 0.828. The van der Waals surface area contributed by atoms with Gasteiger partial charge in [0, 0.05) is 24.0 Å². The molecule has 1 aliphatic rings. The molecule has 1 aliphatic heterocycles. The standard InChI is InChI=1S/C14H13N5/c1-4-11(10-5-2-8-15-12(10)6-1)14-18-17-13-7-3-9-16-19(13)14/h1,3-4,6-7,9,15H,2,5,8H2. The molecule has 0 radical (unpaired) electrons. The third-order valence-corrected chi connectivity index (χ3v) is 3.51. The van der Waals surface area contributed by atoms with Crippen LogP contribution in [0.25, 0.3) is 17.0 Å². The Morgan fingerprint density at radius 3 is 3.11 bits per heavy atom. The van der Waals surface area contributed by atoms with Gasteiger partial charge in [-0.2, -0.15) is 9.61 Å². The Balaban J connectivity index is 1.97. The number of rotatable bonds is 1. The van der Waals surface area contributed by atoms with Crippen molar-refractivity contribution in [3.63, 3.8) is 0 Å². The van der Waals surface area contributed by atoms with Gasteiger partial charge in [-0.05, 0) is 36.6 Å². The highest BCUT2D eigenvalue weighted by molar-refractivity contribution is 5.71. The molecule has 94 valence electrons. The molecule has 0 fully saturated rings. The van der Waals surface area contributed by atoms with Crippen molar-refractivity contribution in [2.45, 2.75) is 12.8 Å². The Morgan fingerprint density at radius 2 is 2.11 bits per heavy atom. The zero-order valence-electron chi connectivity index (χ0n) is 10.4. The van der Waals surface area contributed by atoms with Gasteiger partial charge in [0.05, 0.1) is 0 Å². The molecule has 0 amide bonds. The first-order valence-corrected chi connectivity index (χ1v) is 6.46. The van der Waals surface area contributed by atoms with Crippen LogP contribution < -0.4 is 5.32 Å². The van der Waals surface area contributed by atoms with Gasteiger partial charge in [-0.1, -0.05) is 12.1 Å². The molecule has 0 unspecified atom stereocenters. The first-order valence-electron chi connectivity index (χ1n) is 6.46. The summed E-state index contributed by atoms with van der Waals surface area (Å²) in [7, 11) is 0. The molecule has 0 saturated carbocycles. The topological polar surface area (TPSA) is 55.1 Å². The van der Waals surface area contributed by atoms with Gasteiger partial charge < -0.3 is 5.32 Å². The molecule has 3 heterocycles. The van der Waals surface area contributed by atoms with E-state index in [0.717, 1.165) is 36.4 Å². The summed E-state index contributed by atoms with van der Waals surface area (Å²) in [4.78, 5) is 0. The van der Waals surface area contributed by atoms with E-state index in [1.54, 1.807) is 10.7 Å². The first kappa shape index (κ1) is 10.5. The summed E-state index contributed by atoms with van der Waals surface area (Å²) in [6, 6.07) is 10.1. The molecule has 2 aromatic heterocycles. The molecule has 0 bridgehead atoms. The SMILES string of the molecule is c1cc2c(c(-c3nnc4cccnn34)c1)CCCN2. The molecule has 1 aromatic carbocycles. The quantitative estimate of drug-likeness (QED) is 0.720. The molecule has 5 heteroatoms. The van der Waals surface area contributed by atoms with Gasteiger partial charge in [0.1, 0.15) is 0 Å². The highest BCUT2D eigenvalue weighted by Gasteiger charge is 2.17. The van der Waals surface area contributed by atoms with Crippen LogP contribution in [0.1, 0.15) is 12.0 Å². The van der Waals surface area contributed by atoms with Crippen molar-refractivity contribution >= 4 is 11.3 Å². The molecule has 0 aliphatic carbocycles. The van der Waals surface area contributed by atoms with E-state index in [1.807, 2.05) is 12.1 Å². The van der Waals surface area contributed by atoms with E-state index < -0.39 is 0 Å². The second-order valence-electron chi connectivity index (χ2n) is 4.68. The monoisotopic (exact) mass is 251 g/mol. The predicted molar refractivity (Wildman–Crippen MR) is 73.0 cm³/mol. The Labute approximate surface area is 110 Å². The van der Waals surface area contributed by atoms with E-state index in [2.05, 4.69) is 38.8 Å². The zero-order valence-corrected chi connectivity index (χ0v) is 10.4. The first-order chi connectivity index (χ1) is 9.43. The van der Waals surface area contributed by atoms with Crippen molar-refractivity contribution in [2.75, 3.05) is 11.9 Å². The number of hydrogen-bond donors (Lipinski definition) is 1. The fourth-order valence-corrected chi connectivity index (χ4v) is 2.63. The minimum atomic E-state index is 0.777. The molecule has 5 nitrogen and oxygen atoms in total. The van der Waals surface area contributed by atoms with E-state index >= 15 is 0 Å². The van der Waals surface area contributed by atoms with Crippen LogP contribution in [0.2, 0.25) is 0 Å². The lowest BCUT2D eigenvalue weighted by Crippen LogP contribution is -2.13. The Hall–Kier alpha value is -2.43. The summed E-state index contributed by atoms with van der Waals surface area (Å²) in [5, 5.41) is 16.2. The normalized spacial score (nSPS) is 14.1. The summed E-state index contributed by atoms with van der Waals surface area (Å²) < 4.78 is 1.80. The number of nitrogens with one attached hydrogen (secondary N) is 1. The summed E-state index contributed by atoms with van der Waals surface area (Å²) in [5.74, 6) is 0.816. The molecule has 0 atom stereocenters. The van der Waals surface area contributed by atoms with E-state index in [0.29, 0.717) is 0 Å². The molecule has 0 saturated heterocycles. The lowest BCUT2D eigenvalue weighted by Gasteiger charge is -2.20. The maximum absolute atomic E-state index is 4.34. The summed E-state index contributed by atoms with van der Waals surface area (Å²) in [6.45, 7) is 1.04. The van der Waals surface area contributed by atoms with Gasteiger partial charge in [-0.3, -0.25) is 0 Å². The molecular weight excluding hydrogens is 238 g/mol. The van der Waals surface area contributed by atoms with Crippen molar-refractivity contribution in [3.8, 4) is 11.4 Å². The Bertz CT molecular complexity index is 746. The fourth-order valence-electron chi connectivity index (χ4n) is 2.63. The average Bonchev–Trinajstić information content (AvgIpc) is 2.90. The Kier molecular flexibility index (Phi) is 2.24. The smallest absolute Gasteiger partial charge is 0.185 e. The van der Waals surface area contributed by atoms with Crippen LogP contribution in [-0.2, 0) is 6.42 Å². The predicted octanol–water partition coefficient (Wildman–Crippen LogP) is 2.15. The third-order valence-electron chi connectivity index (χ3n) is 3.51. The van der Waals surface area contributed by atoms with Crippen LogP contribution in [0.5, 0.6) is 0 Å². The fraction of sp³-hybridized carbons (Fsp3) is 0.214. The molecule has 0 spiro atoms. The van der Waals surface area contributed by atoms with Crippen LogP contribution in [0.15, 0.2) is 36.5 Å². The highest BCUT2D eigenvalue weighted by atomic mass is 15.4. The van der Waals surface area contributed by atoms with Crippen LogP contribution in [0.4, 0.5) is 5.69 Å². The minimum Gasteiger partial charge on any atom is -0.385 e. The summed E-state index contributed by atoms with van der Waals surface area (Å²) in [6.07, 6.45) is 3.97. The van der Waals surface area contributed by atoms with Crippen molar-refractivity contribution < 1.29 is 0 Å². The third kappa shape index (κ3) is 1.58. The zero-order chi connectivity index (χ0) is 12.7. The van der Waals surface area contributed by atoms with Crippen LogP contribution in [-0.4, -0.2) is 26.4 Å². The maximum Gasteiger partial charge on any atom is 0.185 e. The minimum absolute atomic E-state index is 0.777. The number of benzene rings is 1. The van der Waals surface area contributed by atoms with Crippen molar-refractivity contribution in [1.29, 1.82) is 0 Å². The van der Waals surface area contributed by atoms with Crippen LogP contribution in [0.3, 0.4) is 0 Å². The van der Waals surface area contributed by atoms with Crippen LogP contribution in [0, 0.1) is 0 Å². The average molecular weight is 251 g/mol. The summed E-state index contributed by atoms with van der Waals surface area (Å²) in [5.41, 5.74) is 4.42. The van der Waals surface area contributed by atoms with Gasteiger partial charge >= 0.3 is 0 Å². The maximum atomic E-state index is 4.34. The number of nitrogens with zero attached hydrogens (tertiary/aromatic N) is 4. The largest absolute Gasteiger partial charge is 0.385 e. The van der Waals surface area contributed by atoms with Gasteiger partial charge in [-0.25, -0.2) is 0 Å². The van der Waals surface area contributed by atoms with E-state index in [1.165, 1.54) is 11.3 Å². The molecule has 1 N–H and O–H groups in total. The van der Waals surface area contributed by atoms with E-state index in [9.17, 15) is 0 Å². The Morgan fingerprint density at radius 1 is 1.11 bits per heavy atom. The van der Waals surface area contributed by atoms with Gasteiger partial charge in [0.15, 0.2) is 11.5 Å². The highest BCUT2D eigenvalue weighted by Crippen LogP contribution is 2.31. The van der Waals surface area contributed by atoms with Crippen molar-refractivity contribution in [2.24, 2.45) is 0 Å². The van der Waals surface area contributed by atoms with Gasteiger partial charge in [0.2, 0.25) is 0 Å². The van der Waals surface area contributed by atoms with E-state index in [4.69, 9.17) is 0 Å². The number of anilines is 1. The van der Waals surface area contributed by atoms with Gasteiger partial charge in [0.25, 0.3) is 0 Å². The van der Waals surface area contributed by atoms with Gasteiger partial charge in [-0.15, -0.1) is 10.2 Å². The molecule has 19 heavy (non-hydrogen) atoms. The van der Waals surface area contributed by atoms with Crippen molar-refractivity contribution in [3.05, 3.63) is 42.1 Å². The summed E-state index contributed by atoms with van der Waals surface area (Å²) >= 11 is 0. The molecule has 3 aromatic rings. The lowest BCUT2D eigenvalue weighted by atomic mass is 9.97.